The monoisotopic (exact) mass is 276 g/mol. The molecule has 0 bridgehead atoms. The molecule has 1 unspecified atom stereocenters. The van der Waals surface area contributed by atoms with Crippen molar-refractivity contribution in [2.45, 2.75) is 6.10 Å². The molecule has 0 aliphatic rings. The van der Waals surface area contributed by atoms with E-state index in [1.807, 2.05) is 30.3 Å². The summed E-state index contributed by atoms with van der Waals surface area (Å²) in [5.74, 6) is 0.411. The van der Waals surface area contributed by atoms with Crippen molar-refractivity contribution in [3.8, 4) is 5.75 Å². The Labute approximate surface area is 116 Å². The molecule has 0 heterocycles. The SMILES string of the molecule is O=Cc1cc(Cl)ccc1OCC(O)c1ccccc1. The van der Waals surface area contributed by atoms with Gasteiger partial charge in [-0.1, -0.05) is 41.9 Å². The molecule has 2 rings (SSSR count). The molecule has 1 atom stereocenters. The Kier molecular flexibility index (Phi) is 4.55. The van der Waals surface area contributed by atoms with E-state index in [0.29, 0.717) is 22.6 Å². The van der Waals surface area contributed by atoms with Crippen LogP contribution in [0.4, 0.5) is 0 Å². The van der Waals surface area contributed by atoms with E-state index in [2.05, 4.69) is 0 Å². The molecule has 0 spiro atoms. The van der Waals surface area contributed by atoms with Gasteiger partial charge in [0.1, 0.15) is 18.5 Å². The lowest BCUT2D eigenvalue weighted by atomic mass is 10.1. The van der Waals surface area contributed by atoms with E-state index in [0.717, 1.165) is 5.56 Å². The standard InChI is InChI=1S/C15H13ClO3/c16-13-6-7-15(12(8-13)9-17)19-10-14(18)11-4-2-1-3-5-11/h1-9,14,18H,10H2. The van der Waals surface area contributed by atoms with Crippen LogP contribution in [-0.2, 0) is 0 Å². The van der Waals surface area contributed by atoms with Gasteiger partial charge >= 0.3 is 0 Å². The Morgan fingerprint density at radius 3 is 2.63 bits per heavy atom. The van der Waals surface area contributed by atoms with E-state index in [-0.39, 0.29) is 6.61 Å². The average Bonchev–Trinajstić information content (AvgIpc) is 2.46. The van der Waals surface area contributed by atoms with Gasteiger partial charge in [0.25, 0.3) is 0 Å². The predicted molar refractivity (Wildman–Crippen MR) is 73.7 cm³/mol. The van der Waals surface area contributed by atoms with Crippen LogP contribution in [0.15, 0.2) is 48.5 Å². The average molecular weight is 277 g/mol. The van der Waals surface area contributed by atoms with E-state index in [9.17, 15) is 9.90 Å². The van der Waals surface area contributed by atoms with Gasteiger partial charge in [0.2, 0.25) is 0 Å². The Balaban J connectivity index is 2.05. The third-order valence-corrected chi connectivity index (χ3v) is 2.91. The molecule has 2 aromatic rings. The molecule has 0 aromatic heterocycles. The molecule has 0 saturated carbocycles. The highest BCUT2D eigenvalue weighted by Crippen LogP contribution is 2.23. The zero-order valence-corrected chi connectivity index (χ0v) is 10.9. The predicted octanol–water partition coefficient (Wildman–Crippen LogP) is 3.26. The highest BCUT2D eigenvalue weighted by Gasteiger charge is 2.10. The van der Waals surface area contributed by atoms with Crippen LogP contribution in [-0.4, -0.2) is 18.0 Å². The van der Waals surface area contributed by atoms with Crippen molar-refractivity contribution in [2.75, 3.05) is 6.61 Å². The number of carbonyl (C=O) groups is 1. The van der Waals surface area contributed by atoms with Crippen molar-refractivity contribution in [3.63, 3.8) is 0 Å². The van der Waals surface area contributed by atoms with Gasteiger partial charge in [-0.15, -0.1) is 0 Å². The molecule has 19 heavy (non-hydrogen) atoms. The maximum atomic E-state index is 10.9. The van der Waals surface area contributed by atoms with Gasteiger partial charge < -0.3 is 9.84 Å². The minimum absolute atomic E-state index is 0.0759. The quantitative estimate of drug-likeness (QED) is 0.853. The van der Waals surface area contributed by atoms with E-state index in [1.54, 1.807) is 12.1 Å². The molecule has 4 heteroatoms. The first-order valence-electron chi connectivity index (χ1n) is 5.81. The van der Waals surface area contributed by atoms with Gasteiger partial charge in [-0.2, -0.15) is 0 Å². The molecule has 1 N–H and O–H groups in total. The maximum Gasteiger partial charge on any atom is 0.153 e. The minimum Gasteiger partial charge on any atom is -0.490 e. The lowest BCUT2D eigenvalue weighted by Gasteiger charge is -2.13. The largest absolute Gasteiger partial charge is 0.490 e. The topological polar surface area (TPSA) is 46.5 Å². The Morgan fingerprint density at radius 2 is 1.95 bits per heavy atom. The van der Waals surface area contributed by atoms with Crippen molar-refractivity contribution in [3.05, 3.63) is 64.7 Å². The second kappa shape index (κ2) is 6.36. The second-order valence-electron chi connectivity index (χ2n) is 4.04. The number of aliphatic hydroxyl groups is 1. The Bertz CT molecular complexity index is 555. The molecule has 0 radical (unpaired) electrons. The summed E-state index contributed by atoms with van der Waals surface area (Å²) >= 11 is 5.79. The van der Waals surface area contributed by atoms with E-state index in [4.69, 9.17) is 16.3 Å². The first-order valence-corrected chi connectivity index (χ1v) is 6.19. The number of ether oxygens (including phenoxy) is 1. The van der Waals surface area contributed by atoms with Crippen LogP contribution < -0.4 is 4.74 Å². The third kappa shape index (κ3) is 3.56. The Hall–Kier alpha value is -1.84. The van der Waals surface area contributed by atoms with Crippen molar-refractivity contribution in [1.29, 1.82) is 0 Å². The number of aldehydes is 1. The summed E-state index contributed by atoms with van der Waals surface area (Å²) < 4.78 is 5.46. The lowest BCUT2D eigenvalue weighted by molar-refractivity contribution is 0.104. The lowest BCUT2D eigenvalue weighted by Crippen LogP contribution is -2.10. The number of hydrogen-bond donors (Lipinski definition) is 1. The van der Waals surface area contributed by atoms with E-state index in [1.165, 1.54) is 6.07 Å². The Morgan fingerprint density at radius 1 is 1.21 bits per heavy atom. The number of halogens is 1. The number of rotatable bonds is 5. The summed E-state index contributed by atoms with van der Waals surface area (Å²) in [5, 5.41) is 10.4. The van der Waals surface area contributed by atoms with Gasteiger partial charge in [-0.25, -0.2) is 0 Å². The zero-order chi connectivity index (χ0) is 13.7. The van der Waals surface area contributed by atoms with Crippen molar-refractivity contribution in [1.82, 2.24) is 0 Å². The van der Waals surface area contributed by atoms with Gasteiger partial charge in [0.05, 0.1) is 5.56 Å². The highest BCUT2D eigenvalue weighted by molar-refractivity contribution is 6.30. The molecular weight excluding hydrogens is 264 g/mol. The van der Waals surface area contributed by atoms with Crippen LogP contribution in [0, 0.1) is 0 Å². The number of aliphatic hydroxyl groups excluding tert-OH is 1. The van der Waals surface area contributed by atoms with E-state index < -0.39 is 6.10 Å². The molecule has 0 saturated heterocycles. The normalized spacial score (nSPS) is 11.9. The van der Waals surface area contributed by atoms with Crippen molar-refractivity contribution >= 4 is 17.9 Å². The minimum atomic E-state index is -0.739. The fourth-order valence-electron chi connectivity index (χ4n) is 1.68. The van der Waals surface area contributed by atoms with Crippen LogP contribution >= 0.6 is 11.6 Å². The molecular formula is C15H13ClO3. The molecule has 2 aromatic carbocycles. The summed E-state index contributed by atoms with van der Waals surface area (Å²) in [6, 6.07) is 14.0. The summed E-state index contributed by atoms with van der Waals surface area (Å²) in [6.45, 7) is 0.0759. The first-order chi connectivity index (χ1) is 9.20. The smallest absolute Gasteiger partial charge is 0.153 e. The van der Waals surface area contributed by atoms with Gasteiger partial charge in [-0.05, 0) is 23.8 Å². The number of carbonyl (C=O) groups excluding carboxylic acids is 1. The number of hydrogen-bond acceptors (Lipinski definition) is 3. The van der Waals surface area contributed by atoms with Crippen molar-refractivity contribution in [2.24, 2.45) is 0 Å². The summed E-state index contributed by atoms with van der Waals surface area (Å²) in [5.41, 5.74) is 1.14. The van der Waals surface area contributed by atoms with Crippen LogP contribution in [0.3, 0.4) is 0 Å². The molecule has 0 fully saturated rings. The summed E-state index contributed by atoms with van der Waals surface area (Å²) in [6.07, 6.45) is -0.0628. The van der Waals surface area contributed by atoms with Crippen molar-refractivity contribution < 1.29 is 14.6 Å². The highest BCUT2D eigenvalue weighted by atomic mass is 35.5. The second-order valence-corrected chi connectivity index (χ2v) is 4.47. The number of benzene rings is 2. The van der Waals surface area contributed by atoms with Gasteiger partial charge in [0, 0.05) is 5.02 Å². The first kappa shape index (κ1) is 13.6. The van der Waals surface area contributed by atoms with E-state index >= 15 is 0 Å². The summed E-state index contributed by atoms with van der Waals surface area (Å²) in [7, 11) is 0. The zero-order valence-electron chi connectivity index (χ0n) is 10.1. The molecule has 0 aliphatic carbocycles. The van der Waals surface area contributed by atoms with Gasteiger partial charge in [-0.3, -0.25) is 4.79 Å². The molecule has 0 amide bonds. The fraction of sp³-hybridized carbons (Fsp3) is 0.133. The van der Waals surface area contributed by atoms with Crippen LogP contribution in [0.25, 0.3) is 0 Å². The fourth-order valence-corrected chi connectivity index (χ4v) is 1.86. The third-order valence-electron chi connectivity index (χ3n) is 2.68. The summed E-state index contributed by atoms with van der Waals surface area (Å²) in [4.78, 5) is 10.9. The maximum absolute atomic E-state index is 10.9. The van der Waals surface area contributed by atoms with Crippen LogP contribution in [0.2, 0.25) is 5.02 Å². The molecule has 0 aliphatic heterocycles. The molecule has 98 valence electrons. The molecule has 3 nitrogen and oxygen atoms in total. The van der Waals surface area contributed by atoms with Crippen LogP contribution in [0.5, 0.6) is 5.75 Å². The van der Waals surface area contributed by atoms with Crippen LogP contribution in [0.1, 0.15) is 22.0 Å². The van der Waals surface area contributed by atoms with Gasteiger partial charge in [0.15, 0.2) is 6.29 Å².